The summed E-state index contributed by atoms with van der Waals surface area (Å²) < 4.78 is 5.52. The molecule has 1 saturated heterocycles. The van der Waals surface area contributed by atoms with Crippen LogP contribution in [0, 0.1) is 0 Å². The van der Waals surface area contributed by atoms with Crippen LogP contribution in [0.3, 0.4) is 0 Å². The average Bonchev–Trinajstić information content (AvgIpc) is 2.61. The van der Waals surface area contributed by atoms with Crippen molar-refractivity contribution in [2.45, 2.75) is 37.5 Å². The summed E-state index contributed by atoms with van der Waals surface area (Å²) in [6.07, 6.45) is 1.20. The summed E-state index contributed by atoms with van der Waals surface area (Å²) in [6, 6.07) is 0. The van der Waals surface area contributed by atoms with Crippen molar-refractivity contribution < 1.29 is 9.53 Å². The molecule has 1 fully saturated rings. The summed E-state index contributed by atoms with van der Waals surface area (Å²) in [5.74, 6) is 0.905. The van der Waals surface area contributed by atoms with E-state index in [1.165, 1.54) is 12.2 Å². The van der Waals surface area contributed by atoms with E-state index in [0.29, 0.717) is 16.8 Å². The fourth-order valence-corrected chi connectivity index (χ4v) is 4.25. The molecule has 88 valence electrons. The molecular weight excluding hydrogens is 228 g/mol. The lowest BCUT2D eigenvalue weighted by Gasteiger charge is -2.09. The molecule has 0 saturated carbocycles. The quantitative estimate of drug-likeness (QED) is 0.563. The van der Waals surface area contributed by atoms with E-state index in [2.05, 4.69) is 13.5 Å². The Hall–Kier alpha value is -0.0900. The van der Waals surface area contributed by atoms with Crippen LogP contribution in [-0.4, -0.2) is 28.2 Å². The van der Waals surface area contributed by atoms with Gasteiger partial charge in [0.1, 0.15) is 6.61 Å². The monoisotopic (exact) mass is 248 g/mol. The maximum atomic E-state index is 11.1. The van der Waals surface area contributed by atoms with Crippen molar-refractivity contribution in [1.82, 2.24) is 0 Å². The molecule has 4 heteroatoms. The molecule has 1 aliphatic heterocycles. The Kier molecular flexibility index (Phi) is 7.18. The van der Waals surface area contributed by atoms with Gasteiger partial charge in [-0.15, -0.1) is 23.5 Å². The van der Waals surface area contributed by atoms with Crippen molar-refractivity contribution in [3.63, 3.8) is 0 Å². The Morgan fingerprint density at radius 3 is 2.73 bits per heavy atom. The molecule has 0 radical (unpaired) electrons. The standard InChI is InChI=1S/C10H16O2S2.CH4/c1-4-8-6-13-9(14-8)5-12-10(11)7(2)3;/h8-9H,2,4-6H2,1,3H3;1H4. The van der Waals surface area contributed by atoms with Gasteiger partial charge in [-0.2, -0.15) is 0 Å². The van der Waals surface area contributed by atoms with Gasteiger partial charge in [0.2, 0.25) is 0 Å². The fraction of sp³-hybridized carbons (Fsp3) is 0.727. The Morgan fingerprint density at radius 1 is 1.60 bits per heavy atom. The number of carbonyl (C=O) groups is 1. The lowest BCUT2D eigenvalue weighted by Crippen LogP contribution is -2.12. The van der Waals surface area contributed by atoms with Crippen LogP contribution in [0.5, 0.6) is 0 Å². The van der Waals surface area contributed by atoms with Crippen LogP contribution < -0.4 is 0 Å². The highest BCUT2D eigenvalue weighted by Crippen LogP contribution is 2.39. The van der Waals surface area contributed by atoms with Gasteiger partial charge in [-0.3, -0.25) is 0 Å². The first-order valence-corrected chi connectivity index (χ1v) is 6.72. The second-order valence-corrected chi connectivity index (χ2v) is 6.35. The molecule has 1 aliphatic rings. The summed E-state index contributed by atoms with van der Waals surface area (Å²) in [7, 11) is 0. The minimum Gasteiger partial charge on any atom is -0.460 e. The van der Waals surface area contributed by atoms with E-state index in [1.807, 2.05) is 23.5 Å². The Balaban J connectivity index is 0.00000196. The normalized spacial score (nSPS) is 24.4. The lowest BCUT2D eigenvalue weighted by molar-refractivity contribution is -0.138. The Bertz CT molecular complexity index is 229. The molecule has 2 unspecified atom stereocenters. The van der Waals surface area contributed by atoms with Gasteiger partial charge in [0.25, 0.3) is 0 Å². The van der Waals surface area contributed by atoms with Crippen LogP contribution in [0.4, 0.5) is 0 Å². The van der Waals surface area contributed by atoms with Crippen LogP contribution >= 0.6 is 23.5 Å². The second-order valence-electron chi connectivity index (χ2n) is 3.31. The molecule has 0 aromatic carbocycles. The van der Waals surface area contributed by atoms with Crippen LogP contribution in [0.2, 0.25) is 0 Å². The van der Waals surface area contributed by atoms with Gasteiger partial charge in [0, 0.05) is 16.6 Å². The predicted molar refractivity (Wildman–Crippen MR) is 70.4 cm³/mol. The highest BCUT2D eigenvalue weighted by Gasteiger charge is 2.25. The summed E-state index contributed by atoms with van der Waals surface area (Å²) in [4.78, 5) is 11.1. The summed E-state index contributed by atoms with van der Waals surface area (Å²) in [5, 5.41) is 0.730. The Labute approximate surface area is 101 Å². The minimum absolute atomic E-state index is 0. The van der Waals surface area contributed by atoms with E-state index in [-0.39, 0.29) is 13.4 Å². The summed E-state index contributed by atoms with van der Waals surface area (Å²) in [5.41, 5.74) is 0.477. The first-order chi connectivity index (χ1) is 6.63. The number of hydrogen-bond donors (Lipinski definition) is 0. The second kappa shape index (κ2) is 7.23. The van der Waals surface area contributed by atoms with Crippen molar-refractivity contribution in [2.75, 3.05) is 12.4 Å². The van der Waals surface area contributed by atoms with Crippen molar-refractivity contribution in [1.29, 1.82) is 0 Å². The summed E-state index contributed by atoms with van der Waals surface area (Å²) in [6.45, 7) is 7.92. The fourth-order valence-electron chi connectivity index (χ4n) is 1.08. The molecule has 2 atom stereocenters. The van der Waals surface area contributed by atoms with Gasteiger partial charge in [0.05, 0.1) is 4.58 Å². The topological polar surface area (TPSA) is 26.3 Å². The molecule has 0 spiro atoms. The molecule has 0 N–H and O–H groups in total. The molecular formula is C11H20O2S2. The third-order valence-corrected chi connectivity index (χ3v) is 5.35. The van der Waals surface area contributed by atoms with E-state index >= 15 is 0 Å². The number of carbonyl (C=O) groups excluding carboxylic acids is 1. The number of hydrogen-bond acceptors (Lipinski definition) is 4. The summed E-state index contributed by atoms with van der Waals surface area (Å²) >= 11 is 3.81. The van der Waals surface area contributed by atoms with Gasteiger partial charge >= 0.3 is 5.97 Å². The number of rotatable bonds is 4. The van der Waals surface area contributed by atoms with Crippen molar-refractivity contribution in [3.05, 3.63) is 12.2 Å². The highest BCUT2D eigenvalue weighted by molar-refractivity contribution is 8.20. The van der Waals surface area contributed by atoms with Crippen molar-refractivity contribution >= 4 is 29.5 Å². The number of esters is 1. The van der Waals surface area contributed by atoms with E-state index in [9.17, 15) is 4.79 Å². The van der Waals surface area contributed by atoms with Crippen LogP contribution in [0.15, 0.2) is 12.2 Å². The average molecular weight is 248 g/mol. The molecule has 0 aliphatic carbocycles. The minimum atomic E-state index is -0.272. The third kappa shape index (κ3) is 4.98. The van der Waals surface area contributed by atoms with Crippen molar-refractivity contribution in [2.24, 2.45) is 0 Å². The zero-order valence-electron chi connectivity index (χ0n) is 8.62. The van der Waals surface area contributed by atoms with Gasteiger partial charge in [-0.1, -0.05) is 20.9 Å². The van der Waals surface area contributed by atoms with Crippen molar-refractivity contribution in [3.8, 4) is 0 Å². The van der Waals surface area contributed by atoms with E-state index in [1.54, 1.807) is 6.92 Å². The largest absolute Gasteiger partial charge is 0.460 e. The smallest absolute Gasteiger partial charge is 0.333 e. The van der Waals surface area contributed by atoms with Gasteiger partial charge in [0.15, 0.2) is 0 Å². The highest BCUT2D eigenvalue weighted by atomic mass is 32.2. The lowest BCUT2D eigenvalue weighted by atomic mass is 10.4. The molecule has 15 heavy (non-hydrogen) atoms. The first kappa shape index (κ1) is 14.9. The van der Waals surface area contributed by atoms with E-state index < -0.39 is 0 Å². The Morgan fingerprint density at radius 2 is 2.27 bits per heavy atom. The van der Waals surface area contributed by atoms with Crippen LogP contribution in [0.1, 0.15) is 27.7 Å². The first-order valence-electron chi connectivity index (χ1n) is 4.73. The SMILES string of the molecule is C.C=C(C)C(=O)OCC1SCC(CC)S1. The number of ether oxygens (including phenoxy) is 1. The predicted octanol–water partition coefficient (Wildman–Crippen LogP) is 3.33. The molecule has 0 aromatic rings. The maximum absolute atomic E-state index is 11.1. The van der Waals surface area contributed by atoms with E-state index in [4.69, 9.17) is 4.74 Å². The maximum Gasteiger partial charge on any atom is 0.333 e. The molecule has 0 aromatic heterocycles. The third-order valence-electron chi connectivity index (χ3n) is 1.97. The zero-order valence-corrected chi connectivity index (χ0v) is 10.2. The van der Waals surface area contributed by atoms with Crippen LogP contribution in [0.25, 0.3) is 0 Å². The number of thioether (sulfide) groups is 2. The molecule has 1 rings (SSSR count). The van der Waals surface area contributed by atoms with Gasteiger partial charge < -0.3 is 4.74 Å². The zero-order chi connectivity index (χ0) is 10.6. The van der Waals surface area contributed by atoms with Gasteiger partial charge in [-0.05, 0) is 13.3 Å². The molecule has 1 heterocycles. The van der Waals surface area contributed by atoms with Gasteiger partial charge in [-0.25, -0.2) is 4.79 Å². The van der Waals surface area contributed by atoms with Crippen LogP contribution in [-0.2, 0) is 9.53 Å². The molecule has 0 amide bonds. The van der Waals surface area contributed by atoms with E-state index in [0.717, 1.165) is 5.25 Å². The molecule has 0 bridgehead atoms. The molecule has 2 nitrogen and oxygen atoms in total.